The molecule has 2 aromatic rings. The van der Waals surface area contributed by atoms with Crippen LogP contribution in [0.25, 0.3) is 11.3 Å². The summed E-state index contributed by atoms with van der Waals surface area (Å²) < 4.78 is 0. The van der Waals surface area contributed by atoms with Crippen LogP contribution >= 0.6 is 23.4 Å². The molecule has 0 aliphatic heterocycles. The zero-order valence-electron chi connectivity index (χ0n) is 10.1. The number of nitrogens with two attached hydrogens (primary N) is 1. The van der Waals surface area contributed by atoms with Crippen molar-refractivity contribution in [2.75, 3.05) is 6.26 Å². The fraction of sp³-hybridized carbons (Fsp3) is 0.0769. The second-order valence-corrected chi connectivity index (χ2v) is 5.11. The molecule has 0 saturated carbocycles. The zero-order valence-corrected chi connectivity index (χ0v) is 11.6. The molecule has 2 rings (SSSR count). The van der Waals surface area contributed by atoms with Crippen LogP contribution in [0.1, 0.15) is 10.4 Å². The third-order valence-corrected chi connectivity index (χ3v) is 3.60. The normalized spacial score (nSPS) is 10.4. The van der Waals surface area contributed by atoms with Crippen molar-refractivity contribution in [1.29, 1.82) is 0 Å². The average molecular weight is 295 g/mol. The van der Waals surface area contributed by atoms with E-state index in [2.05, 4.69) is 4.98 Å². The SMILES string of the molecule is CSc1cc(-c2cccc(Cl)c2)[nH]c(=O)c1C(N)=O. The third kappa shape index (κ3) is 2.83. The molecule has 0 atom stereocenters. The highest BCUT2D eigenvalue weighted by Crippen LogP contribution is 2.25. The van der Waals surface area contributed by atoms with Crippen molar-refractivity contribution in [3.63, 3.8) is 0 Å². The van der Waals surface area contributed by atoms with Gasteiger partial charge < -0.3 is 10.7 Å². The van der Waals surface area contributed by atoms with Gasteiger partial charge >= 0.3 is 0 Å². The van der Waals surface area contributed by atoms with E-state index in [0.29, 0.717) is 15.6 Å². The summed E-state index contributed by atoms with van der Waals surface area (Å²) in [5.74, 6) is -0.733. The average Bonchev–Trinajstić information content (AvgIpc) is 2.37. The molecule has 0 fully saturated rings. The summed E-state index contributed by atoms with van der Waals surface area (Å²) in [7, 11) is 0. The number of nitrogens with one attached hydrogen (secondary N) is 1. The van der Waals surface area contributed by atoms with Gasteiger partial charge in [0.15, 0.2) is 0 Å². The van der Waals surface area contributed by atoms with Gasteiger partial charge in [-0.2, -0.15) is 0 Å². The van der Waals surface area contributed by atoms with Gasteiger partial charge in [0.1, 0.15) is 5.56 Å². The molecule has 0 radical (unpaired) electrons. The minimum atomic E-state index is -0.733. The van der Waals surface area contributed by atoms with E-state index in [1.807, 2.05) is 6.07 Å². The van der Waals surface area contributed by atoms with Gasteiger partial charge in [-0.05, 0) is 30.0 Å². The number of amides is 1. The molecule has 3 N–H and O–H groups in total. The number of pyridine rings is 1. The van der Waals surface area contributed by atoms with E-state index in [4.69, 9.17) is 17.3 Å². The molecule has 0 aliphatic carbocycles. The Morgan fingerprint density at radius 1 is 1.37 bits per heavy atom. The lowest BCUT2D eigenvalue weighted by Crippen LogP contribution is -2.25. The fourth-order valence-electron chi connectivity index (χ4n) is 1.74. The van der Waals surface area contributed by atoms with Gasteiger partial charge in [0.2, 0.25) is 0 Å². The molecule has 98 valence electrons. The van der Waals surface area contributed by atoms with Crippen LogP contribution in [0.4, 0.5) is 0 Å². The minimum Gasteiger partial charge on any atom is -0.365 e. The number of primary amides is 1. The molecule has 0 aliphatic rings. The molecule has 0 unspecified atom stereocenters. The number of H-pyrrole nitrogens is 1. The summed E-state index contributed by atoms with van der Waals surface area (Å²) >= 11 is 7.22. The highest BCUT2D eigenvalue weighted by Gasteiger charge is 2.14. The summed E-state index contributed by atoms with van der Waals surface area (Å²) in [6, 6.07) is 8.82. The van der Waals surface area contributed by atoms with Gasteiger partial charge in [-0.25, -0.2) is 0 Å². The standard InChI is InChI=1S/C13H11ClN2O2S/c1-19-10-6-9(7-3-2-4-8(14)5-7)16-13(18)11(10)12(15)17/h2-6H,1H3,(H2,15,17)(H,16,18). The van der Waals surface area contributed by atoms with Crippen molar-refractivity contribution in [1.82, 2.24) is 4.98 Å². The molecule has 6 heteroatoms. The maximum atomic E-state index is 11.9. The van der Waals surface area contributed by atoms with Crippen LogP contribution in [0.15, 0.2) is 40.0 Å². The van der Waals surface area contributed by atoms with Crippen LogP contribution < -0.4 is 11.3 Å². The van der Waals surface area contributed by atoms with Gasteiger partial charge in [-0.3, -0.25) is 9.59 Å². The minimum absolute atomic E-state index is 0.0155. The molecule has 1 amide bonds. The van der Waals surface area contributed by atoms with E-state index >= 15 is 0 Å². The third-order valence-electron chi connectivity index (χ3n) is 2.60. The summed E-state index contributed by atoms with van der Waals surface area (Å²) in [6.45, 7) is 0. The number of hydrogen-bond acceptors (Lipinski definition) is 3. The monoisotopic (exact) mass is 294 g/mol. The predicted octanol–water partition coefficient (Wildman–Crippen LogP) is 2.52. The molecule has 0 saturated heterocycles. The van der Waals surface area contributed by atoms with Crippen molar-refractivity contribution < 1.29 is 4.79 Å². The first-order valence-electron chi connectivity index (χ1n) is 5.40. The maximum absolute atomic E-state index is 11.9. The van der Waals surface area contributed by atoms with E-state index in [1.165, 1.54) is 11.8 Å². The Balaban J connectivity index is 2.65. The van der Waals surface area contributed by atoms with Crippen molar-refractivity contribution in [2.45, 2.75) is 4.90 Å². The lowest BCUT2D eigenvalue weighted by molar-refractivity contribution is 0.0996. The van der Waals surface area contributed by atoms with Gasteiger partial charge in [0.05, 0.1) is 0 Å². The number of carbonyl (C=O) groups excluding carboxylic acids is 1. The van der Waals surface area contributed by atoms with E-state index < -0.39 is 11.5 Å². The molecule has 0 spiro atoms. The first-order valence-corrected chi connectivity index (χ1v) is 7.00. The molecule has 1 aromatic carbocycles. The number of aromatic amines is 1. The Bertz CT molecular complexity index is 697. The van der Waals surface area contributed by atoms with E-state index in [-0.39, 0.29) is 5.56 Å². The van der Waals surface area contributed by atoms with Crippen LogP contribution in [-0.4, -0.2) is 17.1 Å². The van der Waals surface area contributed by atoms with Crippen molar-refractivity contribution in [3.05, 3.63) is 51.3 Å². The number of carbonyl (C=O) groups is 1. The molecular weight excluding hydrogens is 284 g/mol. The van der Waals surface area contributed by atoms with Crippen LogP contribution in [0.3, 0.4) is 0 Å². The van der Waals surface area contributed by atoms with Crippen molar-refractivity contribution in [2.24, 2.45) is 5.73 Å². The summed E-state index contributed by atoms with van der Waals surface area (Å²) in [5.41, 5.74) is 6.08. The zero-order chi connectivity index (χ0) is 14.0. The van der Waals surface area contributed by atoms with Gasteiger partial charge in [-0.15, -0.1) is 11.8 Å². The highest BCUT2D eigenvalue weighted by molar-refractivity contribution is 7.98. The topological polar surface area (TPSA) is 75.9 Å². The number of halogens is 1. The first-order chi connectivity index (χ1) is 9.02. The molecular formula is C13H11ClN2O2S. The number of thioether (sulfide) groups is 1. The molecule has 4 nitrogen and oxygen atoms in total. The Kier molecular flexibility index (Phi) is 3.97. The largest absolute Gasteiger partial charge is 0.365 e. The van der Waals surface area contributed by atoms with Crippen molar-refractivity contribution in [3.8, 4) is 11.3 Å². The number of benzene rings is 1. The Labute approximate surface area is 119 Å². The number of hydrogen-bond donors (Lipinski definition) is 2. The summed E-state index contributed by atoms with van der Waals surface area (Å²) in [4.78, 5) is 26.4. The van der Waals surface area contributed by atoms with Crippen LogP contribution in [0.5, 0.6) is 0 Å². The van der Waals surface area contributed by atoms with E-state index in [1.54, 1.807) is 30.5 Å². The predicted molar refractivity (Wildman–Crippen MR) is 77.8 cm³/mol. The highest BCUT2D eigenvalue weighted by atomic mass is 35.5. The lowest BCUT2D eigenvalue weighted by Gasteiger charge is -2.07. The quantitative estimate of drug-likeness (QED) is 0.854. The Morgan fingerprint density at radius 3 is 2.68 bits per heavy atom. The van der Waals surface area contributed by atoms with Gasteiger partial charge in [0.25, 0.3) is 11.5 Å². The van der Waals surface area contributed by atoms with Crippen LogP contribution in [0.2, 0.25) is 5.02 Å². The second kappa shape index (κ2) is 5.50. The Morgan fingerprint density at radius 2 is 2.11 bits per heavy atom. The molecule has 1 heterocycles. The molecule has 0 bridgehead atoms. The Hall–Kier alpha value is -1.72. The van der Waals surface area contributed by atoms with Crippen LogP contribution in [0, 0.1) is 0 Å². The van der Waals surface area contributed by atoms with E-state index in [0.717, 1.165) is 5.56 Å². The van der Waals surface area contributed by atoms with Gasteiger partial charge in [-0.1, -0.05) is 23.7 Å². The number of aromatic nitrogens is 1. The van der Waals surface area contributed by atoms with Gasteiger partial charge in [0, 0.05) is 15.6 Å². The maximum Gasteiger partial charge on any atom is 0.262 e. The summed E-state index contributed by atoms with van der Waals surface area (Å²) in [5, 5.41) is 0.572. The molecule has 19 heavy (non-hydrogen) atoms. The fourth-order valence-corrected chi connectivity index (χ4v) is 2.57. The summed E-state index contributed by atoms with van der Waals surface area (Å²) in [6.07, 6.45) is 1.78. The smallest absolute Gasteiger partial charge is 0.262 e. The lowest BCUT2D eigenvalue weighted by atomic mass is 10.1. The van der Waals surface area contributed by atoms with Crippen molar-refractivity contribution >= 4 is 29.3 Å². The first kappa shape index (κ1) is 13.7. The molecule has 1 aromatic heterocycles. The van der Waals surface area contributed by atoms with Crippen LogP contribution in [-0.2, 0) is 0 Å². The number of rotatable bonds is 3. The van der Waals surface area contributed by atoms with E-state index in [9.17, 15) is 9.59 Å². The second-order valence-electron chi connectivity index (χ2n) is 3.83.